The Bertz CT molecular complexity index is 856. The summed E-state index contributed by atoms with van der Waals surface area (Å²) in [5.41, 5.74) is 1.84. The predicted octanol–water partition coefficient (Wildman–Crippen LogP) is 2.90. The molecule has 2 heterocycles. The van der Waals surface area contributed by atoms with Crippen molar-refractivity contribution in [2.24, 2.45) is 0 Å². The summed E-state index contributed by atoms with van der Waals surface area (Å²) in [6.45, 7) is 4.15. The van der Waals surface area contributed by atoms with Crippen molar-refractivity contribution in [3.8, 4) is 17.1 Å². The largest absolute Gasteiger partial charge is 0.508 e. The Morgan fingerprint density at radius 3 is 2.35 bits per heavy atom. The molecule has 7 heteroatoms. The van der Waals surface area contributed by atoms with Gasteiger partial charge in [-0.3, -0.25) is 4.90 Å². The molecule has 6 nitrogen and oxygen atoms in total. The minimum absolute atomic E-state index is 0.278. The summed E-state index contributed by atoms with van der Waals surface area (Å²) >= 11 is 0. The van der Waals surface area contributed by atoms with Gasteiger partial charge in [0.15, 0.2) is 0 Å². The van der Waals surface area contributed by atoms with Gasteiger partial charge in [-0.1, -0.05) is 5.16 Å². The van der Waals surface area contributed by atoms with Crippen molar-refractivity contribution in [1.82, 2.24) is 15.0 Å². The molecule has 1 aliphatic heterocycles. The van der Waals surface area contributed by atoms with E-state index in [1.54, 1.807) is 24.3 Å². The van der Waals surface area contributed by atoms with Gasteiger partial charge >= 0.3 is 0 Å². The Kier molecular flexibility index (Phi) is 4.53. The van der Waals surface area contributed by atoms with E-state index < -0.39 is 0 Å². The lowest BCUT2D eigenvalue weighted by atomic mass is 10.2. The fraction of sp³-hybridized carbons (Fsp3) is 0.263. The normalized spacial score (nSPS) is 15.3. The molecule has 4 rings (SSSR count). The topological polar surface area (TPSA) is 65.6 Å². The molecule has 1 aliphatic rings. The third-order valence-electron chi connectivity index (χ3n) is 4.52. The number of aromatic nitrogens is 2. The van der Waals surface area contributed by atoms with Crippen LogP contribution in [0.15, 0.2) is 53.1 Å². The zero-order valence-corrected chi connectivity index (χ0v) is 14.2. The zero-order valence-electron chi connectivity index (χ0n) is 14.2. The molecule has 0 atom stereocenters. The summed E-state index contributed by atoms with van der Waals surface area (Å²) in [6, 6.07) is 13.3. The maximum absolute atomic E-state index is 13.0. The van der Waals surface area contributed by atoms with Gasteiger partial charge in [-0.15, -0.1) is 0 Å². The van der Waals surface area contributed by atoms with Crippen LogP contribution in [0.3, 0.4) is 0 Å². The molecule has 0 bridgehead atoms. The zero-order chi connectivity index (χ0) is 17.9. The lowest BCUT2D eigenvalue weighted by Gasteiger charge is -2.35. The summed E-state index contributed by atoms with van der Waals surface area (Å²) < 4.78 is 18.3. The Balaban J connectivity index is 1.34. The van der Waals surface area contributed by atoms with Crippen molar-refractivity contribution in [2.45, 2.75) is 6.54 Å². The van der Waals surface area contributed by atoms with Crippen LogP contribution in [-0.4, -0.2) is 46.3 Å². The van der Waals surface area contributed by atoms with Crippen LogP contribution < -0.4 is 4.90 Å². The predicted molar refractivity (Wildman–Crippen MR) is 95.3 cm³/mol. The average Bonchev–Trinajstić information content (AvgIpc) is 3.12. The van der Waals surface area contributed by atoms with Gasteiger partial charge in [0.2, 0.25) is 11.7 Å². The third-order valence-corrected chi connectivity index (χ3v) is 4.52. The van der Waals surface area contributed by atoms with Gasteiger partial charge in [0.25, 0.3) is 0 Å². The van der Waals surface area contributed by atoms with Crippen molar-refractivity contribution in [1.29, 1.82) is 0 Å². The standard InChI is InChI=1S/C19H19FN4O2/c20-15-3-1-14(2-4-15)19-21-18(26-22-19)13-23-9-11-24(12-10-23)16-5-7-17(25)8-6-16/h1-8,25H,9-13H2. The molecule has 26 heavy (non-hydrogen) atoms. The van der Waals surface area contributed by atoms with E-state index in [4.69, 9.17) is 4.52 Å². The molecule has 2 aromatic carbocycles. The highest BCUT2D eigenvalue weighted by atomic mass is 19.1. The Hall–Kier alpha value is -2.93. The number of rotatable bonds is 4. The van der Waals surface area contributed by atoms with Gasteiger partial charge in [0.1, 0.15) is 11.6 Å². The first-order valence-corrected chi connectivity index (χ1v) is 8.52. The summed E-state index contributed by atoms with van der Waals surface area (Å²) in [7, 11) is 0. The minimum atomic E-state index is -0.288. The number of phenolic OH excluding ortho intramolecular Hbond substituents is 1. The first kappa shape index (κ1) is 16.5. The second-order valence-electron chi connectivity index (χ2n) is 6.30. The number of benzene rings is 2. The van der Waals surface area contributed by atoms with E-state index in [0.717, 1.165) is 37.4 Å². The molecule has 0 unspecified atom stereocenters. The number of hydrogen-bond donors (Lipinski definition) is 1. The highest BCUT2D eigenvalue weighted by molar-refractivity contribution is 5.53. The quantitative estimate of drug-likeness (QED) is 0.777. The highest BCUT2D eigenvalue weighted by Crippen LogP contribution is 2.21. The van der Waals surface area contributed by atoms with E-state index in [-0.39, 0.29) is 11.6 Å². The van der Waals surface area contributed by atoms with Gasteiger partial charge < -0.3 is 14.5 Å². The SMILES string of the molecule is Oc1ccc(N2CCN(Cc3nc(-c4ccc(F)cc4)no3)CC2)cc1. The maximum Gasteiger partial charge on any atom is 0.241 e. The first-order valence-electron chi connectivity index (χ1n) is 8.52. The fourth-order valence-electron chi connectivity index (χ4n) is 3.05. The summed E-state index contributed by atoms with van der Waals surface area (Å²) in [6.07, 6.45) is 0. The van der Waals surface area contributed by atoms with Crippen molar-refractivity contribution in [2.75, 3.05) is 31.1 Å². The molecular formula is C19H19FN4O2. The molecular weight excluding hydrogens is 335 g/mol. The van der Waals surface area contributed by atoms with Crippen molar-refractivity contribution in [3.63, 3.8) is 0 Å². The van der Waals surface area contributed by atoms with Crippen molar-refractivity contribution < 1.29 is 14.0 Å². The molecule has 0 spiro atoms. The Labute approximate surface area is 150 Å². The van der Waals surface area contributed by atoms with Gasteiger partial charge in [0.05, 0.1) is 6.54 Å². The van der Waals surface area contributed by atoms with Crippen LogP contribution in [0.5, 0.6) is 5.75 Å². The molecule has 0 saturated carbocycles. The molecule has 1 saturated heterocycles. The van der Waals surface area contributed by atoms with E-state index in [0.29, 0.717) is 18.3 Å². The van der Waals surface area contributed by atoms with E-state index in [1.165, 1.54) is 12.1 Å². The van der Waals surface area contributed by atoms with E-state index >= 15 is 0 Å². The van der Waals surface area contributed by atoms with Crippen LogP contribution in [0.1, 0.15) is 5.89 Å². The number of nitrogens with zero attached hydrogens (tertiary/aromatic N) is 4. The summed E-state index contributed by atoms with van der Waals surface area (Å²) in [4.78, 5) is 8.96. The lowest BCUT2D eigenvalue weighted by molar-refractivity contribution is 0.215. The number of halogens is 1. The maximum atomic E-state index is 13.0. The number of aromatic hydroxyl groups is 1. The molecule has 1 aromatic heterocycles. The number of hydrogen-bond acceptors (Lipinski definition) is 6. The molecule has 0 aliphatic carbocycles. The molecule has 134 valence electrons. The van der Waals surface area contributed by atoms with Gasteiger partial charge in [-0.25, -0.2) is 4.39 Å². The number of anilines is 1. The van der Waals surface area contributed by atoms with Crippen LogP contribution in [0, 0.1) is 5.82 Å². The molecule has 1 N–H and O–H groups in total. The van der Waals surface area contributed by atoms with Gasteiger partial charge in [0, 0.05) is 37.4 Å². The van der Waals surface area contributed by atoms with Crippen LogP contribution in [-0.2, 0) is 6.54 Å². The van der Waals surface area contributed by atoms with Crippen LogP contribution in [0.2, 0.25) is 0 Å². The minimum Gasteiger partial charge on any atom is -0.508 e. The van der Waals surface area contributed by atoms with Gasteiger partial charge in [-0.05, 0) is 48.5 Å². The van der Waals surface area contributed by atoms with Crippen LogP contribution >= 0.6 is 0 Å². The van der Waals surface area contributed by atoms with E-state index in [2.05, 4.69) is 19.9 Å². The van der Waals surface area contributed by atoms with E-state index in [1.807, 2.05) is 12.1 Å². The van der Waals surface area contributed by atoms with Crippen molar-refractivity contribution >= 4 is 5.69 Å². The Morgan fingerprint density at radius 2 is 1.65 bits per heavy atom. The van der Waals surface area contributed by atoms with E-state index in [9.17, 15) is 9.50 Å². The van der Waals surface area contributed by atoms with Gasteiger partial charge in [-0.2, -0.15) is 4.98 Å². The smallest absolute Gasteiger partial charge is 0.241 e. The monoisotopic (exact) mass is 354 g/mol. The summed E-state index contributed by atoms with van der Waals surface area (Å²) in [5, 5.41) is 13.4. The number of piperazine rings is 1. The number of phenols is 1. The molecule has 0 amide bonds. The van der Waals surface area contributed by atoms with Crippen molar-refractivity contribution in [3.05, 3.63) is 60.2 Å². The first-order chi connectivity index (χ1) is 12.7. The third kappa shape index (κ3) is 3.67. The lowest BCUT2D eigenvalue weighted by Crippen LogP contribution is -2.46. The molecule has 3 aromatic rings. The molecule has 0 radical (unpaired) electrons. The average molecular weight is 354 g/mol. The summed E-state index contributed by atoms with van der Waals surface area (Å²) in [5.74, 6) is 1.02. The van der Waals surface area contributed by atoms with Crippen LogP contribution in [0.25, 0.3) is 11.4 Å². The molecule has 1 fully saturated rings. The highest BCUT2D eigenvalue weighted by Gasteiger charge is 2.19. The fourth-order valence-corrected chi connectivity index (χ4v) is 3.05. The second kappa shape index (κ2) is 7.13. The van der Waals surface area contributed by atoms with Crippen LogP contribution in [0.4, 0.5) is 10.1 Å². The Morgan fingerprint density at radius 1 is 0.962 bits per heavy atom. The second-order valence-corrected chi connectivity index (χ2v) is 6.30.